The van der Waals surface area contributed by atoms with Gasteiger partial charge in [-0.3, -0.25) is 23.8 Å². The van der Waals surface area contributed by atoms with Crippen molar-refractivity contribution in [2.24, 2.45) is 5.73 Å². The third-order valence-electron chi connectivity index (χ3n) is 4.22. The van der Waals surface area contributed by atoms with Gasteiger partial charge in [-0.1, -0.05) is 0 Å². The number of carboxylic acids is 2. The van der Waals surface area contributed by atoms with Crippen molar-refractivity contribution in [3.63, 3.8) is 0 Å². The molecule has 1 aromatic heterocycles. The number of rotatable bonds is 8. The molecule has 8 N–H and O–H groups in total. The summed E-state index contributed by atoms with van der Waals surface area (Å²) in [6.45, 7) is 3.78. The Kier molecular flexibility index (Phi) is 9.70. The monoisotopic (exact) mass is 438 g/mol. The molecule has 166 valence electrons. The van der Waals surface area contributed by atoms with Gasteiger partial charge < -0.3 is 35.6 Å². The first-order chi connectivity index (χ1) is 13.4. The fourth-order valence-electron chi connectivity index (χ4n) is 2.63. The van der Waals surface area contributed by atoms with Crippen molar-refractivity contribution in [3.8, 4) is 0 Å². The van der Waals surface area contributed by atoms with Crippen LogP contribution in [0.15, 0.2) is 9.32 Å². The Bertz CT molecular complexity index is 787. The molecule has 0 bridgehead atoms. The minimum absolute atomic E-state index is 0.0208. The van der Waals surface area contributed by atoms with Gasteiger partial charge in [0.15, 0.2) is 0 Å². The molecule has 1 aromatic rings. The number of aromatic amines is 1. The predicted molar refractivity (Wildman–Crippen MR) is 101 cm³/mol. The highest BCUT2D eigenvalue weighted by atomic mass is 31.2. The van der Waals surface area contributed by atoms with Crippen LogP contribution in [0.4, 0.5) is 0 Å². The number of hydrogen-bond acceptors (Lipinski definition) is 8. The van der Waals surface area contributed by atoms with Gasteiger partial charge in [0.2, 0.25) is 0 Å². The number of nitrogens with zero attached hydrogens (tertiary/aromatic N) is 1. The highest BCUT2D eigenvalue weighted by molar-refractivity contribution is 7.51. The Morgan fingerprint density at radius 1 is 1.38 bits per heavy atom. The van der Waals surface area contributed by atoms with Crippen LogP contribution in [0.2, 0.25) is 0 Å². The number of carboxylic acid groups (broad SMARTS) is 2. The lowest BCUT2D eigenvalue weighted by atomic mass is 10.1. The van der Waals surface area contributed by atoms with Gasteiger partial charge in [-0.25, -0.2) is 0 Å². The molecule has 1 saturated heterocycles. The summed E-state index contributed by atoms with van der Waals surface area (Å²) in [5, 5.41) is 22.3. The van der Waals surface area contributed by atoms with Crippen molar-refractivity contribution < 1.29 is 38.7 Å². The summed E-state index contributed by atoms with van der Waals surface area (Å²) in [5.74, 6) is -1.65. The van der Waals surface area contributed by atoms with E-state index in [4.69, 9.17) is 25.7 Å². The van der Waals surface area contributed by atoms with E-state index in [1.807, 2.05) is 4.90 Å². The van der Waals surface area contributed by atoms with E-state index in [1.54, 1.807) is 6.92 Å². The lowest BCUT2D eigenvalue weighted by molar-refractivity contribution is -0.141. The third-order valence-corrected chi connectivity index (χ3v) is 5.12. The van der Waals surface area contributed by atoms with Crippen molar-refractivity contribution in [1.82, 2.24) is 15.4 Å². The Labute approximate surface area is 166 Å². The molecule has 2 rings (SSSR count). The number of hydrogen-bond donors (Lipinski definition) is 7. The minimum atomic E-state index is -3.93. The number of nitrogens with one attached hydrogen (secondary N) is 2. The molecule has 1 aliphatic rings. The van der Waals surface area contributed by atoms with Gasteiger partial charge in [0.05, 0.1) is 11.7 Å². The molecule has 29 heavy (non-hydrogen) atoms. The van der Waals surface area contributed by atoms with Crippen LogP contribution in [0, 0.1) is 6.92 Å². The fraction of sp³-hybridized carbons (Fsp3) is 0.667. The van der Waals surface area contributed by atoms with Gasteiger partial charge in [-0.05, 0) is 19.9 Å². The quantitative estimate of drug-likeness (QED) is 0.222. The standard InChI is InChI=1S/C8H17N2O5P.C7H10N2O4/c11-8(12)7-6-10(4-2-9-7)3-1-5-16(13,14)15;1-3-4(6(10)9-13-3)2-5(8)7(11)12/h7,9H,1-6H2,(H,11,12)(H2,13,14,15);5H,2,8H2,1H3,(H,9,10)(H,11,12)/t;5-/m.0/s1. The van der Waals surface area contributed by atoms with Crippen molar-refractivity contribution in [2.45, 2.75) is 31.8 Å². The molecule has 0 aromatic carbocycles. The normalized spacial score (nSPS) is 18.6. The van der Waals surface area contributed by atoms with Crippen LogP contribution in [-0.2, 0) is 20.6 Å². The number of carbonyl (C=O) groups is 2. The van der Waals surface area contributed by atoms with E-state index >= 15 is 0 Å². The van der Waals surface area contributed by atoms with E-state index in [2.05, 4.69) is 15.0 Å². The first-order valence-electron chi connectivity index (χ1n) is 8.79. The van der Waals surface area contributed by atoms with Gasteiger partial charge in [-0.15, -0.1) is 0 Å². The highest BCUT2D eigenvalue weighted by Crippen LogP contribution is 2.34. The molecule has 0 aliphatic carbocycles. The van der Waals surface area contributed by atoms with Crippen molar-refractivity contribution >= 4 is 19.5 Å². The van der Waals surface area contributed by atoms with Gasteiger partial charge in [0.1, 0.15) is 17.8 Å². The van der Waals surface area contributed by atoms with Crippen molar-refractivity contribution in [2.75, 3.05) is 32.3 Å². The predicted octanol–water partition coefficient (Wildman–Crippen LogP) is -1.86. The van der Waals surface area contributed by atoms with Crippen LogP contribution >= 0.6 is 7.60 Å². The zero-order valence-corrected chi connectivity index (χ0v) is 16.8. The van der Waals surface area contributed by atoms with Crippen LogP contribution in [0.3, 0.4) is 0 Å². The van der Waals surface area contributed by atoms with E-state index < -0.39 is 37.2 Å². The SMILES string of the molecule is Cc1o[nH]c(=O)c1C[C@H](N)C(=O)O.O=C(O)C1CN(CCCP(=O)(O)O)CCN1. The number of piperazine rings is 1. The summed E-state index contributed by atoms with van der Waals surface area (Å²) in [6, 6.07) is -1.65. The molecule has 0 radical (unpaired) electrons. The molecule has 2 heterocycles. The number of nitrogens with two attached hydrogens (primary N) is 1. The molecule has 0 spiro atoms. The third kappa shape index (κ3) is 9.35. The fourth-order valence-corrected chi connectivity index (χ4v) is 3.18. The molecule has 14 heteroatoms. The van der Waals surface area contributed by atoms with Crippen LogP contribution in [0.5, 0.6) is 0 Å². The minimum Gasteiger partial charge on any atom is -0.480 e. The lowest BCUT2D eigenvalue weighted by Gasteiger charge is -2.31. The van der Waals surface area contributed by atoms with E-state index in [0.29, 0.717) is 38.4 Å². The van der Waals surface area contributed by atoms with Gasteiger partial charge in [-0.2, -0.15) is 5.16 Å². The van der Waals surface area contributed by atoms with Gasteiger partial charge in [0, 0.05) is 26.1 Å². The van der Waals surface area contributed by atoms with Crippen LogP contribution in [0.25, 0.3) is 0 Å². The summed E-state index contributed by atoms with van der Waals surface area (Å²) < 4.78 is 15.3. The number of aryl methyl sites for hydroxylation is 1. The Morgan fingerprint density at radius 3 is 2.52 bits per heavy atom. The molecular weight excluding hydrogens is 411 g/mol. The van der Waals surface area contributed by atoms with Gasteiger partial charge in [0.25, 0.3) is 5.56 Å². The first kappa shape index (κ1) is 25.0. The summed E-state index contributed by atoms with van der Waals surface area (Å²) in [4.78, 5) is 51.4. The van der Waals surface area contributed by atoms with Crippen molar-refractivity contribution in [3.05, 3.63) is 21.7 Å². The molecule has 0 saturated carbocycles. The first-order valence-corrected chi connectivity index (χ1v) is 10.6. The zero-order chi connectivity index (χ0) is 22.2. The second kappa shape index (κ2) is 11.2. The molecule has 1 unspecified atom stereocenters. The molecule has 13 nitrogen and oxygen atoms in total. The maximum Gasteiger partial charge on any atom is 0.325 e. The van der Waals surface area contributed by atoms with Crippen LogP contribution < -0.4 is 16.6 Å². The van der Waals surface area contributed by atoms with Crippen LogP contribution in [0.1, 0.15) is 17.7 Å². The summed E-state index contributed by atoms with van der Waals surface area (Å²) in [5.41, 5.74) is 5.12. The second-order valence-electron chi connectivity index (χ2n) is 6.60. The molecular formula is C15H27N4O9P. The summed E-state index contributed by atoms with van der Waals surface area (Å²) in [6.07, 6.45) is 0.221. The van der Waals surface area contributed by atoms with E-state index in [-0.39, 0.29) is 18.1 Å². The summed E-state index contributed by atoms with van der Waals surface area (Å²) >= 11 is 0. The van der Waals surface area contributed by atoms with E-state index in [1.165, 1.54) is 0 Å². The maximum absolute atomic E-state index is 11.0. The molecule has 1 aliphatic heterocycles. The summed E-state index contributed by atoms with van der Waals surface area (Å²) in [7, 11) is -3.93. The highest BCUT2D eigenvalue weighted by Gasteiger charge is 2.25. The van der Waals surface area contributed by atoms with E-state index in [9.17, 15) is 18.9 Å². The average molecular weight is 438 g/mol. The smallest absolute Gasteiger partial charge is 0.325 e. The molecule has 0 amide bonds. The number of aromatic nitrogens is 1. The zero-order valence-electron chi connectivity index (χ0n) is 15.9. The number of H-pyrrole nitrogens is 1. The Morgan fingerprint density at radius 2 is 2.03 bits per heavy atom. The van der Waals surface area contributed by atoms with Crippen molar-refractivity contribution in [1.29, 1.82) is 0 Å². The maximum atomic E-state index is 11.0. The van der Waals surface area contributed by atoms with Crippen LogP contribution in [-0.4, -0.2) is 86.4 Å². The largest absolute Gasteiger partial charge is 0.480 e. The van der Waals surface area contributed by atoms with Gasteiger partial charge >= 0.3 is 19.5 Å². The molecule has 1 fully saturated rings. The second-order valence-corrected chi connectivity index (χ2v) is 8.38. The number of aliphatic carboxylic acids is 2. The van der Waals surface area contributed by atoms with E-state index in [0.717, 1.165) is 0 Å². The Balaban J connectivity index is 0.000000296. The topological polar surface area (TPSA) is 219 Å². The lowest BCUT2D eigenvalue weighted by Crippen LogP contribution is -2.54. The molecule has 2 atom stereocenters. The Hall–Kier alpha value is -2.02. The average Bonchev–Trinajstić information content (AvgIpc) is 2.93.